The van der Waals surface area contributed by atoms with Gasteiger partial charge in [0.15, 0.2) is 5.12 Å². The Kier molecular flexibility index (Phi) is 5.85. The summed E-state index contributed by atoms with van der Waals surface area (Å²) in [6.07, 6.45) is 0. The average Bonchev–Trinajstić information content (AvgIpc) is 2.63. The number of para-hydroxylation sites is 2. The van der Waals surface area contributed by atoms with Crippen LogP contribution >= 0.6 is 35.1 Å². The smallest absolute Gasteiger partial charge is 0.415 e. The lowest BCUT2D eigenvalue weighted by Gasteiger charge is -2.24. The highest BCUT2D eigenvalue weighted by Crippen LogP contribution is 2.62. The Morgan fingerprint density at radius 1 is 0.760 bits per heavy atom. The minimum Gasteiger partial charge on any atom is -0.415 e. The van der Waals surface area contributed by atoms with Crippen LogP contribution in [0.2, 0.25) is 0 Å². The normalized spacial score (nSPS) is 12.4. The molecule has 3 aromatic carbocycles. The molecule has 25 heavy (non-hydrogen) atoms. The van der Waals surface area contributed by atoms with Crippen molar-refractivity contribution in [2.45, 2.75) is 5.12 Å². The number of hydrogen-bond donors (Lipinski definition) is 0. The van der Waals surface area contributed by atoms with Gasteiger partial charge in [0.2, 0.25) is 0 Å². The molecule has 3 nitrogen and oxygen atoms in total. The van der Waals surface area contributed by atoms with Crippen molar-refractivity contribution >= 4 is 35.1 Å². The summed E-state index contributed by atoms with van der Waals surface area (Å²) in [7, 11) is -3.74. The lowest BCUT2D eigenvalue weighted by molar-refractivity contribution is 0.383. The van der Waals surface area contributed by atoms with Crippen LogP contribution in [0.1, 0.15) is 10.7 Å². The molecule has 0 heterocycles. The quantitative estimate of drug-likeness (QED) is 0.306. The van der Waals surface area contributed by atoms with Gasteiger partial charge in [0.05, 0.1) is 0 Å². The van der Waals surface area contributed by atoms with Crippen molar-refractivity contribution in [3.8, 4) is 11.5 Å². The van der Waals surface area contributed by atoms with Crippen LogP contribution < -0.4 is 9.05 Å². The first-order chi connectivity index (χ1) is 12.1. The zero-order chi connectivity index (χ0) is 17.7. The van der Waals surface area contributed by atoms with E-state index in [0.717, 1.165) is 4.47 Å². The Bertz CT molecular complexity index is 811. The summed E-state index contributed by atoms with van der Waals surface area (Å²) in [5.41, 5.74) is 0.653. The molecule has 0 spiro atoms. The number of alkyl halides is 1. The predicted octanol–water partition coefficient (Wildman–Crippen LogP) is 7.04. The summed E-state index contributed by atoms with van der Waals surface area (Å²) in [6.45, 7) is 0. The van der Waals surface area contributed by atoms with Gasteiger partial charge in [-0.25, -0.2) is 4.57 Å². The second-order valence-corrected chi connectivity index (χ2v) is 8.85. The molecule has 1 atom stereocenters. The van der Waals surface area contributed by atoms with E-state index in [0.29, 0.717) is 17.1 Å². The first-order valence-corrected chi connectivity index (χ1v) is 10.4. The molecule has 0 fully saturated rings. The van der Waals surface area contributed by atoms with Gasteiger partial charge in [0.1, 0.15) is 11.5 Å². The fourth-order valence-corrected chi connectivity index (χ4v) is 4.41. The van der Waals surface area contributed by atoms with E-state index >= 15 is 0 Å². The molecule has 0 saturated heterocycles. The molecule has 0 aliphatic heterocycles. The van der Waals surface area contributed by atoms with Crippen molar-refractivity contribution in [3.63, 3.8) is 0 Å². The van der Waals surface area contributed by atoms with Crippen LogP contribution in [-0.4, -0.2) is 0 Å². The molecule has 0 saturated carbocycles. The van der Waals surface area contributed by atoms with Crippen molar-refractivity contribution in [1.29, 1.82) is 0 Å². The van der Waals surface area contributed by atoms with E-state index in [9.17, 15) is 4.57 Å². The lowest BCUT2D eigenvalue weighted by Crippen LogP contribution is -2.07. The zero-order valence-corrected chi connectivity index (χ0v) is 16.3. The maximum Gasteiger partial charge on any atom is 0.452 e. The lowest BCUT2D eigenvalue weighted by atomic mass is 10.2. The Balaban J connectivity index is 1.95. The van der Waals surface area contributed by atoms with Crippen LogP contribution in [0.15, 0.2) is 89.4 Å². The van der Waals surface area contributed by atoms with E-state index in [-0.39, 0.29) is 0 Å². The van der Waals surface area contributed by atoms with Gasteiger partial charge in [0, 0.05) is 4.47 Å². The SMILES string of the molecule is O=P(Oc1ccccc1)(Oc1ccccc1)C(Cl)c1ccc(Br)cc1. The first-order valence-electron chi connectivity index (χ1n) is 7.55. The third-order valence-electron chi connectivity index (χ3n) is 3.37. The molecule has 0 radical (unpaired) electrons. The molecule has 0 aromatic heterocycles. The number of hydrogen-bond acceptors (Lipinski definition) is 3. The Morgan fingerprint density at radius 2 is 1.20 bits per heavy atom. The van der Waals surface area contributed by atoms with Crippen LogP contribution in [0.5, 0.6) is 11.5 Å². The van der Waals surface area contributed by atoms with Gasteiger partial charge >= 0.3 is 7.60 Å². The average molecular weight is 438 g/mol. The molecular formula is C19H15BrClO3P. The topological polar surface area (TPSA) is 35.5 Å². The van der Waals surface area contributed by atoms with Crippen LogP contribution in [0, 0.1) is 0 Å². The zero-order valence-electron chi connectivity index (χ0n) is 13.1. The Hall–Kier alpha value is -1.74. The molecule has 0 amide bonds. The van der Waals surface area contributed by atoms with E-state index in [1.54, 1.807) is 60.7 Å². The molecule has 0 aliphatic rings. The third kappa shape index (κ3) is 4.66. The van der Waals surface area contributed by atoms with Crippen LogP contribution in [0.4, 0.5) is 0 Å². The second-order valence-electron chi connectivity index (χ2n) is 5.24. The van der Waals surface area contributed by atoms with Crippen molar-refractivity contribution in [3.05, 3.63) is 95.0 Å². The molecule has 3 rings (SSSR count). The summed E-state index contributed by atoms with van der Waals surface area (Å²) in [5.74, 6) is 0.869. The van der Waals surface area contributed by atoms with Gasteiger partial charge in [-0.15, -0.1) is 11.6 Å². The van der Waals surface area contributed by atoms with E-state index in [1.807, 2.05) is 24.3 Å². The van der Waals surface area contributed by atoms with Crippen molar-refractivity contribution in [2.24, 2.45) is 0 Å². The summed E-state index contributed by atoms with van der Waals surface area (Å²) in [6, 6.07) is 25.0. The molecular weight excluding hydrogens is 423 g/mol. The Labute approximate surface area is 160 Å². The fraction of sp³-hybridized carbons (Fsp3) is 0.0526. The third-order valence-corrected chi connectivity index (χ3v) is 6.66. The van der Waals surface area contributed by atoms with Crippen molar-refractivity contribution in [2.75, 3.05) is 0 Å². The highest BCUT2D eigenvalue weighted by molar-refractivity contribution is 9.10. The molecule has 0 aliphatic carbocycles. The van der Waals surface area contributed by atoms with E-state index in [2.05, 4.69) is 15.9 Å². The molecule has 0 bridgehead atoms. The van der Waals surface area contributed by atoms with Gasteiger partial charge < -0.3 is 9.05 Å². The molecule has 1 unspecified atom stereocenters. The van der Waals surface area contributed by atoms with Crippen LogP contribution in [-0.2, 0) is 4.57 Å². The summed E-state index contributed by atoms with van der Waals surface area (Å²) >= 11 is 9.92. The van der Waals surface area contributed by atoms with E-state index in [4.69, 9.17) is 20.6 Å². The Morgan fingerprint density at radius 3 is 1.64 bits per heavy atom. The molecule has 0 N–H and O–H groups in total. The molecule has 128 valence electrons. The minimum absolute atomic E-state index is 0.435. The highest BCUT2D eigenvalue weighted by atomic mass is 79.9. The predicted molar refractivity (Wildman–Crippen MR) is 104 cm³/mol. The van der Waals surface area contributed by atoms with Gasteiger partial charge in [-0.2, -0.15) is 0 Å². The summed E-state index contributed by atoms with van der Waals surface area (Å²) in [4.78, 5) is 0. The minimum atomic E-state index is -3.74. The number of benzene rings is 3. The monoisotopic (exact) mass is 436 g/mol. The van der Waals surface area contributed by atoms with Gasteiger partial charge in [-0.1, -0.05) is 64.5 Å². The maximum absolute atomic E-state index is 13.5. The van der Waals surface area contributed by atoms with Gasteiger partial charge in [0.25, 0.3) is 0 Å². The highest BCUT2D eigenvalue weighted by Gasteiger charge is 2.39. The van der Waals surface area contributed by atoms with Crippen molar-refractivity contribution in [1.82, 2.24) is 0 Å². The van der Waals surface area contributed by atoms with Gasteiger partial charge in [-0.3, -0.25) is 0 Å². The van der Waals surface area contributed by atoms with Crippen LogP contribution in [0.3, 0.4) is 0 Å². The number of halogens is 2. The largest absolute Gasteiger partial charge is 0.452 e. The van der Waals surface area contributed by atoms with E-state index in [1.165, 1.54) is 0 Å². The standard InChI is InChI=1S/C19H15BrClO3P/c20-16-13-11-15(12-14-16)19(21)25(22,23-17-7-3-1-4-8-17)24-18-9-5-2-6-10-18/h1-14,19H. The van der Waals surface area contributed by atoms with Gasteiger partial charge in [-0.05, 0) is 42.0 Å². The fourth-order valence-electron chi connectivity index (χ4n) is 2.17. The summed E-state index contributed by atoms with van der Waals surface area (Å²) < 4.78 is 25.9. The number of rotatable bonds is 6. The first kappa shape index (κ1) is 18.1. The molecule has 3 aromatic rings. The maximum atomic E-state index is 13.5. The summed E-state index contributed by atoms with van der Waals surface area (Å²) in [5, 5.41) is -0.957. The van der Waals surface area contributed by atoms with E-state index < -0.39 is 12.7 Å². The molecule has 6 heteroatoms. The second kappa shape index (κ2) is 8.09. The van der Waals surface area contributed by atoms with Crippen LogP contribution in [0.25, 0.3) is 0 Å². The van der Waals surface area contributed by atoms with Crippen molar-refractivity contribution < 1.29 is 13.6 Å².